The first-order valence-corrected chi connectivity index (χ1v) is 7.65. The Bertz CT molecular complexity index is 1120. The second-order valence-corrected chi connectivity index (χ2v) is 5.45. The molecule has 9 nitrogen and oxygen atoms in total. The first-order valence-electron chi connectivity index (χ1n) is 7.65. The summed E-state index contributed by atoms with van der Waals surface area (Å²) in [6.07, 6.45) is 1.49. The second kappa shape index (κ2) is 6.20. The number of hydrogen-bond donors (Lipinski definition) is 3. The standard InChI is InChI=1S/C17H14N6O3/c18-16(15-17(19)23(24)12-4-2-1-3-11(12)21-15)22-20-8-10-5-6-13-14(7-10)26-9-25-13/h1-8,19,24H,9H2,(H2,18,22). The lowest BCUT2D eigenvalue weighted by atomic mass is 10.2. The average Bonchev–Trinajstić information content (AvgIpc) is 3.12. The van der Waals surface area contributed by atoms with Crippen LogP contribution < -0.4 is 20.7 Å². The van der Waals surface area contributed by atoms with Gasteiger partial charge in [-0.05, 0) is 35.9 Å². The van der Waals surface area contributed by atoms with Crippen molar-refractivity contribution in [1.82, 2.24) is 9.71 Å². The van der Waals surface area contributed by atoms with Crippen LogP contribution in [0.2, 0.25) is 0 Å². The Labute approximate surface area is 147 Å². The Morgan fingerprint density at radius 2 is 2.04 bits per heavy atom. The van der Waals surface area contributed by atoms with Gasteiger partial charge in [-0.2, -0.15) is 9.83 Å². The third kappa shape index (κ3) is 2.71. The predicted octanol–water partition coefficient (Wildman–Crippen LogP) is 1.22. The molecule has 2 aromatic carbocycles. The van der Waals surface area contributed by atoms with Crippen LogP contribution in [0.3, 0.4) is 0 Å². The third-order valence-electron chi connectivity index (χ3n) is 3.79. The highest BCUT2D eigenvalue weighted by atomic mass is 16.7. The summed E-state index contributed by atoms with van der Waals surface area (Å²) >= 11 is 0. The van der Waals surface area contributed by atoms with E-state index in [4.69, 9.17) is 20.6 Å². The van der Waals surface area contributed by atoms with E-state index in [2.05, 4.69) is 15.2 Å². The number of benzene rings is 2. The number of nitrogens with two attached hydrogens (primary N) is 1. The zero-order chi connectivity index (χ0) is 18.1. The van der Waals surface area contributed by atoms with E-state index in [0.29, 0.717) is 27.3 Å². The molecule has 2 heterocycles. The highest BCUT2D eigenvalue weighted by Crippen LogP contribution is 2.31. The van der Waals surface area contributed by atoms with Gasteiger partial charge in [0.2, 0.25) is 6.79 Å². The van der Waals surface area contributed by atoms with Gasteiger partial charge in [0.05, 0.1) is 11.7 Å². The largest absolute Gasteiger partial charge is 0.454 e. The van der Waals surface area contributed by atoms with Crippen molar-refractivity contribution in [1.29, 1.82) is 5.41 Å². The quantitative estimate of drug-likeness (QED) is 0.283. The minimum Gasteiger partial charge on any atom is -0.454 e. The van der Waals surface area contributed by atoms with Crippen LogP contribution in [0, 0.1) is 5.41 Å². The van der Waals surface area contributed by atoms with Gasteiger partial charge in [-0.1, -0.05) is 12.1 Å². The van der Waals surface area contributed by atoms with Crippen molar-refractivity contribution in [3.8, 4) is 11.5 Å². The number of ether oxygens (including phenoxy) is 2. The molecule has 3 aromatic rings. The second-order valence-electron chi connectivity index (χ2n) is 5.45. The Kier molecular flexibility index (Phi) is 3.73. The van der Waals surface area contributed by atoms with E-state index in [1.54, 1.807) is 42.5 Å². The van der Waals surface area contributed by atoms with Crippen LogP contribution in [-0.2, 0) is 0 Å². The molecule has 1 aliphatic rings. The maximum Gasteiger partial charge on any atom is 0.231 e. The summed E-state index contributed by atoms with van der Waals surface area (Å²) in [5.41, 5.74) is 7.29. The molecule has 0 radical (unpaired) electrons. The maximum absolute atomic E-state index is 10.1. The van der Waals surface area contributed by atoms with E-state index in [-0.39, 0.29) is 23.8 Å². The molecule has 0 saturated carbocycles. The molecule has 26 heavy (non-hydrogen) atoms. The van der Waals surface area contributed by atoms with Crippen molar-refractivity contribution >= 4 is 23.1 Å². The Balaban J connectivity index is 1.65. The number of nitrogens with one attached hydrogen (secondary N) is 1. The number of rotatable bonds is 3. The van der Waals surface area contributed by atoms with Crippen molar-refractivity contribution < 1.29 is 14.7 Å². The van der Waals surface area contributed by atoms with E-state index in [1.807, 2.05) is 0 Å². The predicted molar refractivity (Wildman–Crippen MR) is 93.7 cm³/mol. The molecule has 0 saturated heterocycles. The maximum atomic E-state index is 10.1. The topological polar surface area (TPSA) is 131 Å². The highest BCUT2D eigenvalue weighted by molar-refractivity contribution is 5.97. The molecule has 0 fully saturated rings. The molecule has 9 heteroatoms. The van der Waals surface area contributed by atoms with Gasteiger partial charge in [0.25, 0.3) is 0 Å². The molecule has 0 bridgehead atoms. The lowest BCUT2D eigenvalue weighted by Gasteiger charge is -2.06. The zero-order valence-corrected chi connectivity index (χ0v) is 13.5. The van der Waals surface area contributed by atoms with Gasteiger partial charge in [0.15, 0.2) is 28.5 Å². The molecule has 4 N–H and O–H groups in total. The Morgan fingerprint density at radius 3 is 2.92 bits per heavy atom. The lowest BCUT2D eigenvalue weighted by Crippen LogP contribution is -2.31. The minimum absolute atomic E-state index is 0.0361. The third-order valence-corrected chi connectivity index (χ3v) is 3.79. The van der Waals surface area contributed by atoms with Crippen LogP contribution in [0.25, 0.3) is 11.0 Å². The summed E-state index contributed by atoms with van der Waals surface area (Å²) in [7, 11) is 0. The number of para-hydroxylation sites is 2. The minimum atomic E-state index is -0.275. The Morgan fingerprint density at radius 1 is 1.23 bits per heavy atom. The van der Waals surface area contributed by atoms with E-state index < -0.39 is 0 Å². The highest BCUT2D eigenvalue weighted by Gasteiger charge is 2.13. The molecule has 4 rings (SSSR count). The average molecular weight is 350 g/mol. The molecule has 0 atom stereocenters. The zero-order valence-electron chi connectivity index (χ0n) is 13.5. The summed E-state index contributed by atoms with van der Waals surface area (Å²) in [4.78, 5) is 4.27. The molecule has 0 spiro atoms. The molecule has 130 valence electrons. The van der Waals surface area contributed by atoms with Crippen LogP contribution >= 0.6 is 0 Å². The fourth-order valence-corrected chi connectivity index (χ4v) is 2.51. The summed E-state index contributed by atoms with van der Waals surface area (Å²) < 4.78 is 11.2. The van der Waals surface area contributed by atoms with E-state index in [0.717, 1.165) is 5.56 Å². The van der Waals surface area contributed by atoms with E-state index in [1.165, 1.54) is 6.21 Å². The van der Waals surface area contributed by atoms with Gasteiger partial charge in [-0.25, -0.2) is 4.98 Å². The fourth-order valence-electron chi connectivity index (χ4n) is 2.51. The van der Waals surface area contributed by atoms with Gasteiger partial charge in [0.1, 0.15) is 5.52 Å². The van der Waals surface area contributed by atoms with E-state index >= 15 is 0 Å². The monoisotopic (exact) mass is 350 g/mol. The van der Waals surface area contributed by atoms with Gasteiger partial charge in [-0.3, -0.25) is 5.41 Å². The number of aromatic nitrogens is 2. The first kappa shape index (κ1) is 15.6. The van der Waals surface area contributed by atoms with Crippen molar-refractivity contribution in [3.05, 3.63) is 59.2 Å². The molecular formula is C17H14N6O3. The molecule has 1 aromatic heterocycles. The van der Waals surface area contributed by atoms with Crippen LogP contribution in [0.4, 0.5) is 0 Å². The first-order chi connectivity index (χ1) is 12.6. The molecular weight excluding hydrogens is 336 g/mol. The lowest BCUT2D eigenvalue weighted by molar-refractivity contribution is 0.174. The van der Waals surface area contributed by atoms with Crippen LogP contribution in [0.15, 0.2) is 52.7 Å². The molecule has 1 aliphatic heterocycles. The SMILES string of the molecule is N=c1c(C(N)=NN=Cc2ccc3c(c2)OCO3)nc2ccccc2n1O. The van der Waals surface area contributed by atoms with Gasteiger partial charge >= 0.3 is 0 Å². The smallest absolute Gasteiger partial charge is 0.231 e. The molecule has 0 aliphatic carbocycles. The van der Waals surface area contributed by atoms with Gasteiger partial charge < -0.3 is 20.4 Å². The van der Waals surface area contributed by atoms with Gasteiger partial charge in [-0.15, -0.1) is 5.10 Å². The summed E-state index contributed by atoms with van der Waals surface area (Å²) in [6, 6.07) is 12.2. The van der Waals surface area contributed by atoms with Crippen molar-refractivity contribution in [2.24, 2.45) is 15.9 Å². The molecule has 0 amide bonds. The van der Waals surface area contributed by atoms with Crippen molar-refractivity contribution in [2.75, 3.05) is 6.79 Å². The van der Waals surface area contributed by atoms with Crippen LogP contribution in [0.5, 0.6) is 11.5 Å². The number of hydrogen-bond acceptors (Lipinski definition) is 7. The fraction of sp³-hybridized carbons (Fsp3) is 0.0588. The number of nitrogens with zero attached hydrogens (tertiary/aromatic N) is 4. The number of fused-ring (bicyclic) bond motifs is 2. The van der Waals surface area contributed by atoms with Crippen LogP contribution in [0.1, 0.15) is 11.3 Å². The molecule has 0 unspecified atom stereocenters. The van der Waals surface area contributed by atoms with Crippen LogP contribution in [-0.4, -0.2) is 33.8 Å². The Hall–Kier alpha value is -3.88. The van der Waals surface area contributed by atoms with Crippen molar-refractivity contribution in [2.45, 2.75) is 0 Å². The normalized spacial score (nSPS) is 13.6. The summed E-state index contributed by atoms with van der Waals surface area (Å²) in [5, 5.41) is 25.9. The van der Waals surface area contributed by atoms with E-state index in [9.17, 15) is 5.21 Å². The number of amidine groups is 1. The summed E-state index contributed by atoms with van der Waals surface area (Å²) in [6.45, 7) is 0.197. The van der Waals surface area contributed by atoms with Crippen molar-refractivity contribution in [3.63, 3.8) is 0 Å². The van der Waals surface area contributed by atoms with Gasteiger partial charge in [0, 0.05) is 0 Å². The summed E-state index contributed by atoms with van der Waals surface area (Å²) in [5.74, 6) is 1.23.